The normalized spacial score (nSPS) is 11.3. The topological polar surface area (TPSA) is 46.2 Å². The lowest BCUT2D eigenvalue weighted by Crippen LogP contribution is -2.13. The highest BCUT2D eigenvalue weighted by Gasteiger charge is 2.18. The van der Waals surface area contributed by atoms with Crippen molar-refractivity contribution >= 4 is 50.7 Å². The first-order chi connectivity index (χ1) is 9.42. The van der Waals surface area contributed by atoms with Crippen LogP contribution >= 0.6 is 35.0 Å². The Labute approximate surface area is 132 Å². The van der Waals surface area contributed by atoms with Crippen LogP contribution in [0.4, 0.5) is 5.69 Å². The van der Waals surface area contributed by atoms with Crippen molar-refractivity contribution in [1.29, 1.82) is 0 Å². The number of sulfonamides is 1. The predicted molar refractivity (Wildman–Crippen MR) is 85.5 cm³/mol. The van der Waals surface area contributed by atoms with Crippen molar-refractivity contribution in [3.63, 3.8) is 0 Å². The third kappa shape index (κ3) is 3.61. The van der Waals surface area contributed by atoms with Gasteiger partial charge in [0.2, 0.25) is 0 Å². The van der Waals surface area contributed by atoms with E-state index in [1.807, 2.05) is 18.4 Å². The molecule has 2 aromatic rings. The number of nitrogens with one attached hydrogen (secondary N) is 1. The molecule has 7 heteroatoms. The van der Waals surface area contributed by atoms with Gasteiger partial charge >= 0.3 is 0 Å². The van der Waals surface area contributed by atoms with Crippen molar-refractivity contribution in [1.82, 2.24) is 0 Å². The van der Waals surface area contributed by atoms with E-state index in [2.05, 4.69) is 4.72 Å². The van der Waals surface area contributed by atoms with Crippen molar-refractivity contribution in [2.24, 2.45) is 0 Å². The monoisotopic (exact) mass is 347 g/mol. The maximum atomic E-state index is 12.3. The van der Waals surface area contributed by atoms with Gasteiger partial charge in [0.05, 0.1) is 5.02 Å². The molecule has 3 nitrogen and oxygen atoms in total. The lowest BCUT2D eigenvalue weighted by atomic mass is 10.3. The van der Waals surface area contributed by atoms with E-state index in [4.69, 9.17) is 23.2 Å². The van der Waals surface area contributed by atoms with Crippen LogP contribution in [0.5, 0.6) is 0 Å². The second-order valence-electron chi connectivity index (χ2n) is 3.91. The zero-order chi connectivity index (χ0) is 14.8. The van der Waals surface area contributed by atoms with E-state index in [9.17, 15) is 8.42 Å². The third-order valence-corrected chi connectivity index (χ3v) is 5.37. The van der Waals surface area contributed by atoms with Crippen LogP contribution in [0, 0.1) is 0 Å². The number of hydrogen-bond acceptors (Lipinski definition) is 3. The maximum absolute atomic E-state index is 12.3. The second kappa shape index (κ2) is 6.26. The van der Waals surface area contributed by atoms with E-state index in [1.54, 1.807) is 23.9 Å². The van der Waals surface area contributed by atoms with E-state index in [-0.39, 0.29) is 9.92 Å². The van der Waals surface area contributed by atoms with E-state index < -0.39 is 10.0 Å². The lowest BCUT2D eigenvalue weighted by molar-refractivity contribution is 0.601. The van der Waals surface area contributed by atoms with E-state index >= 15 is 0 Å². The second-order valence-corrected chi connectivity index (χ2v) is 7.28. The smallest absolute Gasteiger partial charge is 0.263 e. The molecule has 2 aromatic carbocycles. The summed E-state index contributed by atoms with van der Waals surface area (Å²) in [7, 11) is -3.76. The van der Waals surface area contributed by atoms with Crippen molar-refractivity contribution < 1.29 is 8.42 Å². The number of benzene rings is 2. The first-order valence-corrected chi connectivity index (χ1v) is 9.01. The third-order valence-electron chi connectivity index (χ3n) is 2.53. The molecule has 0 atom stereocenters. The minimum atomic E-state index is -3.76. The molecule has 0 radical (unpaired) electrons. The van der Waals surface area contributed by atoms with Crippen molar-refractivity contribution in [2.75, 3.05) is 11.0 Å². The largest absolute Gasteiger partial charge is 0.280 e. The summed E-state index contributed by atoms with van der Waals surface area (Å²) < 4.78 is 27.0. The number of rotatable bonds is 4. The van der Waals surface area contributed by atoms with Crippen LogP contribution in [0.2, 0.25) is 10.0 Å². The Bertz CT molecular complexity index is 716. The average molecular weight is 348 g/mol. The molecule has 0 fully saturated rings. The molecule has 0 aliphatic carbocycles. The molecule has 1 N–H and O–H groups in total. The molecular weight excluding hydrogens is 337 g/mol. The van der Waals surface area contributed by atoms with E-state index in [1.165, 1.54) is 18.2 Å². The summed E-state index contributed by atoms with van der Waals surface area (Å²) in [5.74, 6) is 0. The SMILES string of the molecule is CSc1ccc(NS(=O)(=O)c2cc(Cl)ccc2Cl)cc1. The Morgan fingerprint density at radius 3 is 2.30 bits per heavy atom. The minimum absolute atomic E-state index is 0.0411. The molecule has 0 saturated carbocycles. The predicted octanol–water partition coefficient (Wildman–Crippen LogP) is 4.52. The van der Waals surface area contributed by atoms with Gasteiger partial charge in [-0.1, -0.05) is 23.2 Å². The molecule has 0 unspecified atom stereocenters. The van der Waals surface area contributed by atoms with Gasteiger partial charge in [-0.15, -0.1) is 11.8 Å². The molecule has 0 aromatic heterocycles. The zero-order valence-electron chi connectivity index (χ0n) is 10.4. The summed E-state index contributed by atoms with van der Waals surface area (Å²) in [6, 6.07) is 11.4. The Kier molecular flexibility index (Phi) is 4.86. The Hall–Kier alpha value is -0.880. The molecule has 0 saturated heterocycles. The molecule has 20 heavy (non-hydrogen) atoms. The summed E-state index contributed by atoms with van der Waals surface area (Å²) in [6.07, 6.45) is 1.95. The van der Waals surface area contributed by atoms with Crippen LogP contribution in [0.25, 0.3) is 0 Å². The standard InChI is InChI=1S/C13H11Cl2NO2S2/c1-19-11-5-3-10(4-6-11)16-20(17,18)13-8-9(14)2-7-12(13)15/h2-8,16H,1H3. The molecule has 0 heterocycles. The molecule has 0 amide bonds. The number of hydrogen-bond donors (Lipinski definition) is 1. The quantitative estimate of drug-likeness (QED) is 0.827. The number of halogens is 2. The Morgan fingerprint density at radius 1 is 1.05 bits per heavy atom. The molecule has 0 aliphatic rings. The highest BCUT2D eigenvalue weighted by Crippen LogP contribution is 2.27. The molecule has 106 valence electrons. The Morgan fingerprint density at radius 2 is 1.70 bits per heavy atom. The highest BCUT2D eigenvalue weighted by molar-refractivity contribution is 7.98. The maximum Gasteiger partial charge on any atom is 0.263 e. The van der Waals surface area contributed by atoms with Gasteiger partial charge in [-0.2, -0.15) is 0 Å². The zero-order valence-corrected chi connectivity index (χ0v) is 13.6. The van der Waals surface area contributed by atoms with Crippen LogP contribution in [0.1, 0.15) is 0 Å². The first kappa shape index (κ1) is 15.5. The van der Waals surface area contributed by atoms with Gasteiger partial charge in [-0.05, 0) is 48.7 Å². The van der Waals surface area contributed by atoms with Crippen LogP contribution < -0.4 is 4.72 Å². The molecule has 0 spiro atoms. The van der Waals surface area contributed by atoms with Gasteiger partial charge < -0.3 is 0 Å². The van der Waals surface area contributed by atoms with Gasteiger partial charge in [-0.25, -0.2) is 8.42 Å². The number of thioether (sulfide) groups is 1. The Balaban J connectivity index is 2.32. The fraction of sp³-hybridized carbons (Fsp3) is 0.0769. The summed E-state index contributed by atoms with van der Waals surface area (Å²) in [6.45, 7) is 0. The molecule has 2 rings (SSSR count). The van der Waals surface area contributed by atoms with Crippen molar-refractivity contribution in [3.8, 4) is 0 Å². The molecule has 0 bridgehead atoms. The summed E-state index contributed by atoms with van der Waals surface area (Å²) in [5, 5.41) is 0.440. The van der Waals surface area contributed by atoms with Gasteiger partial charge in [0, 0.05) is 15.6 Å². The molecular formula is C13H11Cl2NO2S2. The highest BCUT2D eigenvalue weighted by atomic mass is 35.5. The van der Waals surface area contributed by atoms with Crippen molar-refractivity contribution in [3.05, 3.63) is 52.5 Å². The van der Waals surface area contributed by atoms with Gasteiger partial charge in [-0.3, -0.25) is 4.72 Å². The van der Waals surface area contributed by atoms with E-state index in [0.29, 0.717) is 10.7 Å². The fourth-order valence-corrected chi connectivity index (χ4v) is 3.78. The first-order valence-electron chi connectivity index (χ1n) is 5.54. The van der Waals surface area contributed by atoms with Crippen molar-refractivity contribution in [2.45, 2.75) is 9.79 Å². The summed E-state index contributed by atoms with van der Waals surface area (Å²) in [4.78, 5) is 1.01. The van der Waals surface area contributed by atoms with Crippen LogP contribution in [-0.4, -0.2) is 14.7 Å². The van der Waals surface area contributed by atoms with Gasteiger partial charge in [0.15, 0.2) is 0 Å². The van der Waals surface area contributed by atoms with Crippen LogP contribution in [0.3, 0.4) is 0 Å². The van der Waals surface area contributed by atoms with Gasteiger partial charge in [0.1, 0.15) is 4.90 Å². The summed E-state index contributed by atoms with van der Waals surface area (Å²) in [5.41, 5.74) is 0.471. The summed E-state index contributed by atoms with van der Waals surface area (Å²) >= 11 is 13.3. The average Bonchev–Trinajstić information content (AvgIpc) is 2.42. The minimum Gasteiger partial charge on any atom is -0.280 e. The van der Waals surface area contributed by atoms with Crippen LogP contribution in [0.15, 0.2) is 52.3 Å². The molecule has 0 aliphatic heterocycles. The van der Waals surface area contributed by atoms with E-state index in [0.717, 1.165) is 4.90 Å². The van der Waals surface area contributed by atoms with Crippen LogP contribution in [-0.2, 0) is 10.0 Å². The lowest BCUT2D eigenvalue weighted by Gasteiger charge is -2.10. The van der Waals surface area contributed by atoms with Gasteiger partial charge in [0.25, 0.3) is 10.0 Å². The number of anilines is 1. The fourth-order valence-electron chi connectivity index (χ4n) is 1.55.